The zero-order chi connectivity index (χ0) is 14.8. The smallest absolute Gasteiger partial charge is 0.264 e. The number of β-amino-alcohol motifs (C(OH)–C–C–N with tert-alkyl or cyclic N) is 1. The first-order chi connectivity index (χ1) is 9.43. The van der Waals surface area contributed by atoms with Crippen molar-refractivity contribution < 1.29 is 9.90 Å². The van der Waals surface area contributed by atoms with Crippen molar-refractivity contribution in [2.24, 2.45) is 5.73 Å². The molecule has 2 heterocycles. The topological polar surface area (TPSA) is 66.6 Å². The van der Waals surface area contributed by atoms with Gasteiger partial charge in [-0.25, -0.2) is 0 Å². The quantitative estimate of drug-likeness (QED) is 0.768. The molecule has 108 valence electrons. The summed E-state index contributed by atoms with van der Waals surface area (Å²) < 4.78 is 0. The fourth-order valence-electron chi connectivity index (χ4n) is 2.39. The van der Waals surface area contributed by atoms with Gasteiger partial charge in [-0.15, -0.1) is 11.3 Å². The minimum atomic E-state index is -0.775. The Balaban J connectivity index is 2.17. The van der Waals surface area contributed by atoms with E-state index < -0.39 is 5.60 Å². The Morgan fingerprint density at radius 3 is 3.05 bits per heavy atom. The molecule has 1 fully saturated rings. The number of thiophene rings is 1. The third-order valence-electron chi connectivity index (χ3n) is 3.39. The molecule has 1 aromatic heterocycles. The average Bonchev–Trinajstić information content (AvgIpc) is 2.75. The molecular weight excluding hydrogens is 272 g/mol. The number of carbonyl (C=O) groups excluding carboxylic acids is 1. The third kappa shape index (κ3) is 3.40. The van der Waals surface area contributed by atoms with Gasteiger partial charge in [0.15, 0.2) is 0 Å². The molecule has 1 amide bonds. The van der Waals surface area contributed by atoms with Crippen molar-refractivity contribution in [3.05, 3.63) is 21.4 Å². The van der Waals surface area contributed by atoms with E-state index in [1.165, 1.54) is 11.3 Å². The normalized spacial score (nSPS) is 22.3. The molecule has 1 saturated heterocycles. The Hall–Kier alpha value is -1.35. The number of nitrogens with zero attached hydrogens (tertiary/aromatic N) is 1. The number of nitrogens with two attached hydrogens (primary N) is 1. The Kier molecular flexibility index (Phi) is 4.48. The lowest BCUT2D eigenvalue weighted by Crippen LogP contribution is -2.48. The standard InChI is InChI=1S/C15H20N2O2S/c1-11-9-13(20-12(11)5-3-7-16)14(18)17-8-4-6-15(2,19)10-17/h9,19H,4,6-8,10,16H2,1-2H3. The molecule has 3 N–H and O–H groups in total. The van der Waals surface area contributed by atoms with Crippen molar-refractivity contribution in [1.29, 1.82) is 0 Å². The molecular formula is C15H20N2O2S. The number of aliphatic hydroxyl groups is 1. The van der Waals surface area contributed by atoms with Crippen LogP contribution in [-0.4, -0.2) is 41.1 Å². The lowest BCUT2D eigenvalue weighted by molar-refractivity contribution is -0.0105. The highest BCUT2D eigenvalue weighted by Gasteiger charge is 2.31. The minimum Gasteiger partial charge on any atom is -0.388 e. The van der Waals surface area contributed by atoms with Gasteiger partial charge < -0.3 is 15.7 Å². The van der Waals surface area contributed by atoms with Crippen molar-refractivity contribution in [3.63, 3.8) is 0 Å². The number of hydrogen-bond donors (Lipinski definition) is 2. The van der Waals surface area contributed by atoms with Crippen LogP contribution in [-0.2, 0) is 0 Å². The number of rotatable bonds is 1. The molecule has 2 rings (SSSR count). The molecule has 1 aromatic rings. The number of likely N-dealkylation sites (tertiary alicyclic amines) is 1. The Labute approximate surface area is 123 Å². The maximum atomic E-state index is 12.5. The molecule has 0 bridgehead atoms. The van der Waals surface area contributed by atoms with E-state index >= 15 is 0 Å². The highest BCUT2D eigenvalue weighted by molar-refractivity contribution is 7.14. The monoisotopic (exact) mass is 292 g/mol. The molecule has 1 atom stereocenters. The van der Waals surface area contributed by atoms with Gasteiger partial charge in [-0.1, -0.05) is 11.8 Å². The van der Waals surface area contributed by atoms with Crippen LogP contribution < -0.4 is 5.73 Å². The highest BCUT2D eigenvalue weighted by atomic mass is 32.1. The van der Waals surface area contributed by atoms with Gasteiger partial charge in [0, 0.05) is 13.1 Å². The van der Waals surface area contributed by atoms with E-state index in [1.54, 1.807) is 11.8 Å². The van der Waals surface area contributed by atoms with Crippen molar-refractivity contribution in [2.75, 3.05) is 19.6 Å². The first kappa shape index (κ1) is 15.0. The average molecular weight is 292 g/mol. The van der Waals surface area contributed by atoms with E-state index in [2.05, 4.69) is 11.8 Å². The Morgan fingerprint density at radius 1 is 1.65 bits per heavy atom. The zero-order valence-corrected chi connectivity index (χ0v) is 12.7. The number of aryl methyl sites for hydroxylation is 1. The largest absolute Gasteiger partial charge is 0.388 e. The van der Waals surface area contributed by atoms with Crippen molar-refractivity contribution >= 4 is 17.2 Å². The summed E-state index contributed by atoms with van der Waals surface area (Å²) in [6.45, 7) is 5.14. The van der Waals surface area contributed by atoms with Crippen LogP contribution in [0.1, 0.15) is 39.9 Å². The third-order valence-corrected chi connectivity index (χ3v) is 4.54. The van der Waals surface area contributed by atoms with E-state index in [1.807, 2.05) is 13.0 Å². The predicted molar refractivity (Wildman–Crippen MR) is 80.7 cm³/mol. The van der Waals surface area contributed by atoms with Crippen molar-refractivity contribution in [1.82, 2.24) is 4.90 Å². The van der Waals surface area contributed by atoms with Gasteiger partial charge in [0.2, 0.25) is 0 Å². The molecule has 0 aliphatic carbocycles. The highest BCUT2D eigenvalue weighted by Crippen LogP contribution is 2.26. The lowest BCUT2D eigenvalue weighted by Gasteiger charge is -2.36. The number of carbonyl (C=O) groups is 1. The first-order valence-electron chi connectivity index (χ1n) is 6.74. The van der Waals surface area contributed by atoms with Gasteiger partial charge in [-0.2, -0.15) is 0 Å². The molecule has 0 spiro atoms. The molecule has 20 heavy (non-hydrogen) atoms. The van der Waals surface area contributed by atoms with Crippen LogP contribution in [0, 0.1) is 18.8 Å². The van der Waals surface area contributed by atoms with Crippen LogP contribution in [0.25, 0.3) is 0 Å². The van der Waals surface area contributed by atoms with Crippen LogP contribution in [0.5, 0.6) is 0 Å². The van der Waals surface area contributed by atoms with Crippen LogP contribution >= 0.6 is 11.3 Å². The van der Waals surface area contributed by atoms with Crippen LogP contribution in [0.2, 0.25) is 0 Å². The fourth-order valence-corrected chi connectivity index (χ4v) is 3.41. The molecule has 1 aliphatic heterocycles. The molecule has 0 saturated carbocycles. The minimum absolute atomic E-state index is 0.0149. The van der Waals surface area contributed by atoms with E-state index in [-0.39, 0.29) is 5.91 Å². The molecule has 5 heteroatoms. The molecule has 1 aliphatic rings. The number of piperidine rings is 1. The van der Waals surface area contributed by atoms with Gasteiger partial charge in [-0.3, -0.25) is 4.79 Å². The second-order valence-electron chi connectivity index (χ2n) is 5.46. The van der Waals surface area contributed by atoms with Gasteiger partial charge >= 0.3 is 0 Å². The van der Waals surface area contributed by atoms with Crippen molar-refractivity contribution in [2.45, 2.75) is 32.3 Å². The molecule has 0 aromatic carbocycles. The maximum absolute atomic E-state index is 12.5. The summed E-state index contributed by atoms with van der Waals surface area (Å²) in [6.07, 6.45) is 1.58. The van der Waals surface area contributed by atoms with Gasteiger partial charge in [-0.05, 0) is 38.3 Å². The van der Waals surface area contributed by atoms with E-state index in [0.29, 0.717) is 24.5 Å². The van der Waals surface area contributed by atoms with Crippen molar-refractivity contribution in [3.8, 4) is 11.8 Å². The van der Waals surface area contributed by atoms with E-state index in [9.17, 15) is 9.90 Å². The Bertz CT molecular complexity index is 566. The summed E-state index contributed by atoms with van der Waals surface area (Å²) in [5, 5.41) is 10.1. The van der Waals surface area contributed by atoms with E-state index in [4.69, 9.17) is 5.73 Å². The second-order valence-corrected chi connectivity index (χ2v) is 6.51. The summed E-state index contributed by atoms with van der Waals surface area (Å²) in [5.74, 6) is 5.79. The maximum Gasteiger partial charge on any atom is 0.264 e. The van der Waals surface area contributed by atoms with Crippen LogP contribution in [0.4, 0.5) is 0 Å². The van der Waals surface area contributed by atoms with Crippen LogP contribution in [0.3, 0.4) is 0 Å². The second kappa shape index (κ2) is 5.96. The first-order valence-corrected chi connectivity index (χ1v) is 7.55. The van der Waals surface area contributed by atoms with Gasteiger partial charge in [0.05, 0.1) is 21.9 Å². The number of amides is 1. The SMILES string of the molecule is Cc1cc(C(=O)N2CCCC(C)(O)C2)sc1C#CCN. The van der Waals surface area contributed by atoms with Gasteiger partial charge in [0.1, 0.15) is 0 Å². The summed E-state index contributed by atoms with van der Waals surface area (Å²) in [7, 11) is 0. The summed E-state index contributed by atoms with van der Waals surface area (Å²) in [6, 6.07) is 1.87. The zero-order valence-electron chi connectivity index (χ0n) is 11.9. The molecule has 4 nitrogen and oxygen atoms in total. The van der Waals surface area contributed by atoms with E-state index in [0.717, 1.165) is 23.3 Å². The lowest BCUT2D eigenvalue weighted by atomic mass is 9.95. The Morgan fingerprint density at radius 2 is 2.40 bits per heavy atom. The summed E-state index contributed by atoms with van der Waals surface area (Å²) >= 11 is 1.40. The fraction of sp³-hybridized carbons (Fsp3) is 0.533. The van der Waals surface area contributed by atoms with Gasteiger partial charge in [0.25, 0.3) is 5.91 Å². The number of hydrogen-bond acceptors (Lipinski definition) is 4. The predicted octanol–water partition coefficient (Wildman–Crippen LogP) is 1.35. The summed E-state index contributed by atoms with van der Waals surface area (Å²) in [5.41, 5.74) is 5.60. The molecule has 0 radical (unpaired) electrons. The summed E-state index contributed by atoms with van der Waals surface area (Å²) in [4.78, 5) is 15.8. The molecule has 1 unspecified atom stereocenters. The van der Waals surface area contributed by atoms with Crippen LogP contribution in [0.15, 0.2) is 6.07 Å².